The van der Waals surface area contributed by atoms with Crippen molar-refractivity contribution in [2.24, 2.45) is 0 Å². The summed E-state index contributed by atoms with van der Waals surface area (Å²) in [7, 11) is 0. The van der Waals surface area contributed by atoms with Crippen LogP contribution < -0.4 is 0 Å². The summed E-state index contributed by atoms with van der Waals surface area (Å²) in [5, 5.41) is 18.7. The summed E-state index contributed by atoms with van der Waals surface area (Å²) in [6, 6.07) is 3.40. The average Bonchev–Trinajstić information content (AvgIpc) is 2.77. The van der Waals surface area contributed by atoms with E-state index in [1.807, 2.05) is 20.8 Å². The Morgan fingerprint density at radius 1 is 1.37 bits per heavy atom. The number of benzene rings is 1. The Labute approximate surface area is 109 Å². The van der Waals surface area contributed by atoms with Crippen LogP contribution in [0.15, 0.2) is 24.5 Å². The van der Waals surface area contributed by atoms with E-state index in [4.69, 9.17) is 0 Å². The first-order chi connectivity index (χ1) is 8.80. The Morgan fingerprint density at radius 3 is 2.63 bits per heavy atom. The maximum Gasteiger partial charge on any atom is 0.283 e. The van der Waals surface area contributed by atoms with Crippen LogP contribution in [0.25, 0.3) is 11.4 Å². The standard InChI is InChI=1S/C12H13FN4O2/c1-12(2,3)16-7-14-15-11(16)9-5-4-8(13)6-10(9)17(18)19/h4-7H,1-3H3. The van der Waals surface area contributed by atoms with Crippen molar-refractivity contribution in [1.82, 2.24) is 14.8 Å². The van der Waals surface area contributed by atoms with Gasteiger partial charge in [-0.1, -0.05) is 0 Å². The fourth-order valence-electron chi connectivity index (χ4n) is 1.75. The molecule has 1 heterocycles. The third kappa shape index (κ3) is 2.44. The van der Waals surface area contributed by atoms with E-state index in [0.717, 1.165) is 6.07 Å². The van der Waals surface area contributed by atoms with Gasteiger partial charge in [-0.3, -0.25) is 10.1 Å². The molecule has 2 rings (SSSR count). The van der Waals surface area contributed by atoms with Crippen molar-refractivity contribution in [2.75, 3.05) is 0 Å². The molecule has 0 amide bonds. The van der Waals surface area contributed by atoms with Gasteiger partial charge in [0.1, 0.15) is 12.1 Å². The molecule has 2 aromatic rings. The van der Waals surface area contributed by atoms with Crippen LogP contribution in [-0.4, -0.2) is 19.7 Å². The smallest absolute Gasteiger partial charge is 0.283 e. The van der Waals surface area contributed by atoms with Crippen LogP contribution >= 0.6 is 0 Å². The third-order valence-corrected chi connectivity index (χ3v) is 2.67. The van der Waals surface area contributed by atoms with Gasteiger partial charge in [0.05, 0.1) is 16.6 Å². The maximum absolute atomic E-state index is 13.1. The van der Waals surface area contributed by atoms with Gasteiger partial charge >= 0.3 is 0 Å². The number of nitrogens with zero attached hydrogens (tertiary/aromatic N) is 4. The van der Waals surface area contributed by atoms with Crippen molar-refractivity contribution in [3.63, 3.8) is 0 Å². The summed E-state index contributed by atoms with van der Waals surface area (Å²) >= 11 is 0. The van der Waals surface area contributed by atoms with Gasteiger partial charge in [-0.2, -0.15) is 0 Å². The predicted octanol–water partition coefficient (Wildman–Crippen LogP) is 2.75. The molecule has 0 radical (unpaired) electrons. The maximum atomic E-state index is 13.1. The summed E-state index contributed by atoms with van der Waals surface area (Å²) in [6.45, 7) is 5.78. The summed E-state index contributed by atoms with van der Waals surface area (Å²) in [5.74, 6) is -0.309. The molecule has 0 unspecified atom stereocenters. The molecule has 100 valence electrons. The van der Waals surface area contributed by atoms with Crippen molar-refractivity contribution in [3.8, 4) is 11.4 Å². The normalized spacial score (nSPS) is 11.6. The summed E-state index contributed by atoms with van der Waals surface area (Å²) in [6.07, 6.45) is 1.50. The first-order valence-corrected chi connectivity index (χ1v) is 5.65. The molecule has 0 fully saturated rings. The Morgan fingerprint density at radius 2 is 2.05 bits per heavy atom. The van der Waals surface area contributed by atoms with Crippen molar-refractivity contribution in [2.45, 2.75) is 26.3 Å². The van der Waals surface area contributed by atoms with E-state index in [1.165, 1.54) is 18.5 Å². The Hall–Kier alpha value is -2.31. The summed E-state index contributed by atoms with van der Waals surface area (Å²) < 4.78 is 14.9. The van der Waals surface area contributed by atoms with E-state index >= 15 is 0 Å². The summed E-state index contributed by atoms with van der Waals surface area (Å²) in [5.41, 5.74) is -0.404. The molecule has 0 saturated heterocycles. The second-order valence-electron chi connectivity index (χ2n) is 5.11. The fraction of sp³-hybridized carbons (Fsp3) is 0.333. The minimum Gasteiger partial charge on any atom is -0.308 e. The minimum absolute atomic E-state index is 0.249. The van der Waals surface area contributed by atoms with Crippen LogP contribution in [0.1, 0.15) is 20.8 Å². The number of hydrogen-bond acceptors (Lipinski definition) is 4. The van der Waals surface area contributed by atoms with Crippen molar-refractivity contribution in [3.05, 3.63) is 40.5 Å². The highest BCUT2D eigenvalue weighted by atomic mass is 19.1. The van der Waals surface area contributed by atoms with Crippen molar-refractivity contribution >= 4 is 5.69 Å². The van der Waals surface area contributed by atoms with E-state index in [1.54, 1.807) is 4.57 Å². The molecule has 6 nitrogen and oxygen atoms in total. The third-order valence-electron chi connectivity index (χ3n) is 2.67. The second-order valence-corrected chi connectivity index (χ2v) is 5.11. The number of nitro benzene ring substituents is 1. The second kappa shape index (κ2) is 4.42. The number of aromatic nitrogens is 3. The van der Waals surface area contributed by atoms with Crippen LogP contribution in [0.3, 0.4) is 0 Å². The summed E-state index contributed by atoms with van der Waals surface area (Å²) in [4.78, 5) is 10.4. The van der Waals surface area contributed by atoms with Crippen LogP contribution in [0.4, 0.5) is 10.1 Å². The number of nitro groups is 1. The van der Waals surface area contributed by atoms with E-state index in [2.05, 4.69) is 10.2 Å². The lowest BCUT2D eigenvalue weighted by Crippen LogP contribution is -2.22. The molecule has 0 atom stereocenters. The van der Waals surface area contributed by atoms with Gasteiger partial charge in [0.2, 0.25) is 0 Å². The largest absolute Gasteiger partial charge is 0.308 e. The van der Waals surface area contributed by atoms with Crippen molar-refractivity contribution < 1.29 is 9.31 Å². The topological polar surface area (TPSA) is 73.8 Å². The molecule has 0 bridgehead atoms. The highest BCUT2D eigenvalue weighted by Crippen LogP contribution is 2.31. The molecule has 7 heteroatoms. The van der Waals surface area contributed by atoms with Gasteiger partial charge in [-0.15, -0.1) is 10.2 Å². The highest BCUT2D eigenvalue weighted by molar-refractivity contribution is 5.68. The highest BCUT2D eigenvalue weighted by Gasteiger charge is 2.25. The number of halogens is 1. The minimum atomic E-state index is -0.655. The lowest BCUT2D eigenvalue weighted by Gasteiger charge is -2.22. The van der Waals surface area contributed by atoms with Crippen LogP contribution in [0.2, 0.25) is 0 Å². The fourth-order valence-corrected chi connectivity index (χ4v) is 1.75. The molecular weight excluding hydrogens is 251 g/mol. The Kier molecular flexibility index (Phi) is 3.05. The van der Waals surface area contributed by atoms with E-state index in [9.17, 15) is 14.5 Å². The number of hydrogen-bond donors (Lipinski definition) is 0. The van der Waals surface area contributed by atoms with Crippen LogP contribution in [0.5, 0.6) is 0 Å². The first-order valence-electron chi connectivity index (χ1n) is 5.65. The zero-order valence-corrected chi connectivity index (χ0v) is 10.8. The zero-order valence-electron chi connectivity index (χ0n) is 10.8. The van der Waals surface area contributed by atoms with Crippen molar-refractivity contribution in [1.29, 1.82) is 0 Å². The van der Waals surface area contributed by atoms with Gasteiger partial charge in [0.25, 0.3) is 5.69 Å². The van der Waals surface area contributed by atoms with Gasteiger partial charge in [-0.25, -0.2) is 4.39 Å². The zero-order chi connectivity index (χ0) is 14.2. The molecule has 0 spiro atoms. The molecule has 0 N–H and O–H groups in total. The van der Waals surface area contributed by atoms with Gasteiger partial charge in [0, 0.05) is 5.54 Å². The van der Waals surface area contributed by atoms with Crippen LogP contribution in [0, 0.1) is 15.9 Å². The lowest BCUT2D eigenvalue weighted by molar-refractivity contribution is -0.384. The number of rotatable bonds is 2. The SMILES string of the molecule is CC(C)(C)n1cnnc1-c1ccc(F)cc1[N+](=O)[O-]. The first kappa shape index (κ1) is 13.1. The molecule has 0 aliphatic heterocycles. The van der Waals surface area contributed by atoms with E-state index in [0.29, 0.717) is 5.82 Å². The molecule has 1 aromatic carbocycles. The average molecular weight is 264 g/mol. The lowest BCUT2D eigenvalue weighted by atomic mass is 10.1. The molecule has 0 aliphatic rings. The molecule has 1 aromatic heterocycles. The van der Waals surface area contributed by atoms with E-state index in [-0.39, 0.29) is 16.8 Å². The van der Waals surface area contributed by atoms with Gasteiger partial charge in [-0.05, 0) is 32.9 Å². The predicted molar refractivity (Wildman–Crippen MR) is 67.1 cm³/mol. The van der Waals surface area contributed by atoms with Crippen LogP contribution in [-0.2, 0) is 5.54 Å². The monoisotopic (exact) mass is 264 g/mol. The Balaban J connectivity index is 2.67. The quantitative estimate of drug-likeness (QED) is 0.617. The van der Waals surface area contributed by atoms with Gasteiger partial charge < -0.3 is 4.57 Å². The van der Waals surface area contributed by atoms with Gasteiger partial charge in [0.15, 0.2) is 5.82 Å². The van der Waals surface area contributed by atoms with E-state index < -0.39 is 10.7 Å². The Bertz CT molecular complexity index is 631. The molecule has 0 saturated carbocycles. The molecular formula is C12H13FN4O2. The molecule has 0 aliphatic carbocycles. The molecule has 19 heavy (non-hydrogen) atoms.